The molecule has 0 amide bonds. The highest BCUT2D eigenvalue weighted by molar-refractivity contribution is 5.33. The molecule has 17 heavy (non-hydrogen) atoms. The van der Waals surface area contributed by atoms with Gasteiger partial charge < -0.3 is 14.8 Å². The van der Waals surface area contributed by atoms with Gasteiger partial charge in [-0.25, -0.2) is 4.98 Å². The highest BCUT2D eigenvalue weighted by Gasteiger charge is 2.23. The van der Waals surface area contributed by atoms with Crippen LogP contribution in [0.4, 0.5) is 5.95 Å². The van der Waals surface area contributed by atoms with E-state index in [9.17, 15) is 0 Å². The molecule has 96 valence electrons. The first kappa shape index (κ1) is 12.4. The average Bonchev–Trinajstić information content (AvgIpc) is 2.73. The number of imidazole rings is 1. The summed E-state index contributed by atoms with van der Waals surface area (Å²) in [7, 11) is 0. The van der Waals surface area contributed by atoms with Gasteiger partial charge in [0.15, 0.2) is 0 Å². The summed E-state index contributed by atoms with van der Waals surface area (Å²) >= 11 is 0. The van der Waals surface area contributed by atoms with Crippen LogP contribution in [0.1, 0.15) is 33.6 Å². The van der Waals surface area contributed by atoms with Gasteiger partial charge in [-0.1, -0.05) is 13.3 Å². The Labute approximate surface area is 104 Å². The number of nitrogens with one attached hydrogen (secondary N) is 1. The summed E-state index contributed by atoms with van der Waals surface area (Å²) in [5, 5.41) is 3.56. The zero-order valence-electron chi connectivity index (χ0n) is 11.2. The van der Waals surface area contributed by atoms with Gasteiger partial charge in [-0.15, -0.1) is 0 Å². The number of piperazine rings is 1. The number of hydrogen-bond donors (Lipinski definition) is 1. The first-order valence-electron chi connectivity index (χ1n) is 6.72. The van der Waals surface area contributed by atoms with Gasteiger partial charge in [0.05, 0.1) is 0 Å². The van der Waals surface area contributed by atoms with Gasteiger partial charge in [0.2, 0.25) is 5.95 Å². The van der Waals surface area contributed by atoms with Crippen LogP contribution in [0.2, 0.25) is 0 Å². The first-order chi connectivity index (χ1) is 8.20. The summed E-state index contributed by atoms with van der Waals surface area (Å²) in [6, 6.07) is 1.07. The molecule has 0 radical (unpaired) electrons. The lowest BCUT2D eigenvalue weighted by atomic mass is 10.1. The van der Waals surface area contributed by atoms with E-state index < -0.39 is 0 Å². The third-order valence-electron chi connectivity index (χ3n) is 3.29. The summed E-state index contributed by atoms with van der Waals surface area (Å²) in [6.07, 6.45) is 6.47. The molecule has 1 aliphatic rings. The maximum Gasteiger partial charge on any atom is 0.205 e. The number of hydrogen-bond acceptors (Lipinski definition) is 3. The number of unbranched alkanes of at least 4 members (excludes halogenated alkanes) is 1. The molecule has 1 aromatic heterocycles. The molecule has 2 heterocycles. The van der Waals surface area contributed by atoms with E-state index >= 15 is 0 Å². The van der Waals surface area contributed by atoms with Crippen LogP contribution in [-0.2, 0) is 6.54 Å². The zero-order chi connectivity index (χ0) is 12.3. The third-order valence-corrected chi connectivity index (χ3v) is 3.29. The second-order valence-electron chi connectivity index (χ2n) is 5.15. The number of anilines is 1. The Morgan fingerprint density at radius 2 is 2.06 bits per heavy atom. The summed E-state index contributed by atoms with van der Waals surface area (Å²) < 4.78 is 2.29. The number of aromatic nitrogens is 2. The number of rotatable bonds is 4. The Bertz CT molecular complexity index is 337. The van der Waals surface area contributed by atoms with E-state index in [1.807, 2.05) is 6.20 Å². The second kappa shape index (κ2) is 5.54. The van der Waals surface area contributed by atoms with Crippen LogP contribution >= 0.6 is 0 Å². The van der Waals surface area contributed by atoms with Crippen molar-refractivity contribution in [2.45, 2.75) is 52.2 Å². The third kappa shape index (κ3) is 3.00. The molecule has 0 bridgehead atoms. The van der Waals surface area contributed by atoms with Crippen LogP contribution in [0.15, 0.2) is 12.4 Å². The SMILES string of the molecule is CCCCn1ccnc1N1CC(C)NC(C)C1. The molecule has 2 unspecified atom stereocenters. The normalized spacial score (nSPS) is 25.2. The molecule has 1 aromatic rings. The highest BCUT2D eigenvalue weighted by Crippen LogP contribution is 2.16. The van der Waals surface area contributed by atoms with Crippen molar-refractivity contribution in [2.24, 2.45) is 0 Å². The van der Waals surface area contributed by atoms with Crippen LogP contribution in [0.25, 0.3) is 0 Å². The number of nitrogens with zero attached hydrogens (tertiary/aromatic N) is 3. The smallest absolute Gasteiger partial charge is 0.205 e. The van der Waals surface area contributed by atoms with Crippen molar-refractivity contribution in [1.29, 1.82) is 0 Å². The molecule has 1 saturated heterocycles. The van der Waals surface area contributed by atoms with Gasteiger partial charge in [-0.05, 0) is 20.3 Å². The monoisotopic (exact) mass is 236 g/mol. The molecule has 1 aliphatic heterocycles. The molecular weight excluding hydrogens is 212 g/mol. The fraction of sp³-hybridized carbons (Fsp3) is 0.769. The molecular formula is C13H24N4. The van der Waals surface area contributed by atoms with E-state index in [1.54, 1.807) is 0 Å². The Morgan fingerprint density at radius 3 is 2.71 bits per heavy atom. The quantitative estimate of drug-likeness (QED) is 0.866. The molecule has 4 nitrogen and oxygen atoms in total. The summed E-state index contributed by atoms with van der Waals surface area (Å²) in [5.41, 5.74) is 0. The van der Waals surface area contributed by atoms with Gasteiger partial charge in [0.25, 0.3) is 0 Å². The lowest BCUT2D eigenvalue weighted by Gasteiger charge is -2.37. The van der Waals surface area contributed by atoms with Gasteiger partial charge >= 0.3 is 0 Å². The van der Waals surface area contributed by atoms with Crippen LogP contribution in [0.3, 0.4) is 0 Å². The Kier molecular flexibility index (Phi) is 4.05. The van der Waals surface area contributed by atoms with E-state index in [2.05, 4.69) is 46.7 Å². The van der Waals surface area contributed by atoms with Crippen molar-refractivity contribution in [3.05, 3.63) is 12.4 Å². The van der Waals surface area contributed by atoms with Gasteiger partial charge in [0, 0.05) is 44.1 Å². The van der Waals surface area contributed by atoms with Gasteiger partial charge in [-0.3, -0.25) is 0 Å². The maximum absolute atomic E-state index is 4.52. The molecule has 2 rings (SSSR count). The summed E-state index contributed by atoms with van der Waals surface area (Å²) in [5.74, 6) is 1.14. The molecule has 0 aromatic carbocycles. The lowest BCUT2D eigenvalue weighted by molar-refractivity contribution is 0.399. The van der Waals surface area contributed by atoms with Crippen molar-refractivity contribution in [3.8, 4) is 0 Å². The maximum atomic E-state index is 4.52. The van der Waals surface area contributed by atoms with E-state index in [0.717, 1.165) is 25.6 Å². The van der Waals surface area contributed by atoms with Gasteiger partial charge in [0.1, 0.15) is 0 Å². The minimum Gasteiger partial charge on any atom is -0.339 e. The molecule has 0 aliphatic carbocycles. The van der Waals surface area contributed by atoms with Crippen molar-refractivity contribution in [2.75, 3.05) is 18.0 Å². The van der Waals surface area contributed by atoms with Crippen LogP contribution < -0.4 is 10.2 Å². The fourth-order valence-electron chi connectivity index (χ4n) is 2.58. The molecule has 2 atom stereocenters. The largest absolute Gasteiger partial charge is 0.339 e. The van der Waals surface area contributed by atoms with Crippen molar-refractivity contribution < 1.29 is 0 Å². The first-order valence-corrected chi connectivity index (χ1v) is 6.72. The molecule has 0 saturated carbocycles. The topological polar surface area (TPSA) is 33.1 Å². The van der Waals surface area contributed by atoms with Crippen molar-refractivity contribution in [1.82, 2.24) is 14.9 Å². The average molecular weight is 236 g/mol. The van der Waals surface area contributed by atoms with Crippen molar-refractivity contribution in [3.63, 3.8) is 0 Å². The second-order valence-corrected chi connectivity index (χ2v) is 5.15. The minimum absolute atomic E-state index is 0.537. The zero-order valence-corrected chi connectivity index (χ0v) is 11.2. The Hall–Kier alpha value is -1.03. The standard InChI is InChI=1S/C13H24N4/c1-4-5-7-16-8-6-14-13(16)17-9-11(2)15-12(3)10-17/h6,8,11-12,15H,4-5,7,9-10H2,1-3H3. The lowest BCUT2D eigenvalue weighted by Crippen LogP contribution is -2.55. The summed E-state index contributed by atoms with van der Waals surface area (Å²) in [4.78, 5) is 6.93. The number of aryl methyl sites for hydroxylation is 1. The van der Waals surface area contributed by atoms with E-state index in [-0.39, 0.29) is 0 Å². The molecule has 4 heteroatoms. The van der Waals surface area contributed by atoms with E-state index in [4.69, 9.17) is 0 Å². The predicted octanol–water partition coefficient (Wildman–Crippen LogP) is 1.87. The van der Waals surface area contributed by atoms with Crippen LogP contribution in [0, 0.1) is 0 Å². The Morgan fingerprint density at radius 1 is 1.35 bits per heavy atom. The fourth-order valence-corrected chi connectivity index (χ4v) is 2.58. The Balaban J connectivity index is 2.07. The molecule has 0 spiro atoms. The van der Waals surface area contributed by atoms with E-state index in [1.165, 1.54) is 12.8 Å². The van der Waals surface area contributed by atoms with Crippen LogP contribution in [-0.4, -0.2) is 34.7 Å². The van der Waals surface area contributed by atoms with Gasteiger partial charge in [-0.2, -0.15) is 0 Å². The highest BCUT2D eigenvalue weighted by atomic mass is 15.3. The van der Waals surface area contributed by atoms with E-state index in [0.29, 0.717) is 12.1 Å². The minimum atomic E-state index is 0.537. The molecule has 1 fully saturated rings. The van der Waals surface area contributed by atoms with Crippen LogP contribution in [0.5, 0.6) is 0 Å². The molecule has 1 N–H and O–H groups in total. The van der Waals surface area contributed by atoms with Crippen molar-refractivity contribution >= 4 is 5.95 Å². The predicted molar refractivity (Wildman–Crippen MR) is 71.4 cm³/mol. The summed E-state index contributed by atoms with van der Waals surface area (Å²) in [6.45, 7) is 9.88.